The largest absolute Gasteiger partial charge is 0.611 e. The second-order valence-electron chi connectivity index (χ2n) is 5.66. The Balaban J connectivity index is 0. The Morgan fingerprint density at radius 1 is 0.897 bits per heavy atom. The zero-order valence-electron chi connectivity index (χ0n) is 18.2. The van der Waals surface area contributed by atoms with E-state index in [-0.39, 0.29) is 46.6 Å². The highest BCUT2D eigenvalue weighted by Crippen LogP contribution is 2.40. The minimum absolute atomic E-state index is 0.0533. The highest BCUT2D eigenvalue weighted by Gasteiger charge is 2.50. The molecule has 0 saturated heterocycles. The van der Waals surface area contributed by atoms with Crippen LogP contribution in [0.2, 0.25) is 0 Å². The maximum Gasteiger partial charge on any atom is 0.330 e. The number of carbonyl (C=O) groups excluding carboxylic acids is 3. The SMILES string of the molecule is C=CC(=O)OCC.CCOC(=O)C1CC1C(=O)OCC.CCOC([O-])=C[S+](C)C. The summed E-state index contributed by atoms with van der Waals surface area (Å²) in [6, 6.07) is 0. The molecule has 2 atom stereocenters. The van der Waals surface area contributed by atoms with Gasteiger partial charge in [0, 0.05) is 17.0 Å². The summed E-state index contributed by atoms with van der Waals surface area (Å²) in [6.07, 6.45) is 5.66. The van der Waals surface area contributed by atoms with Crippen LogP contribution in [0.3, 0.4) is 0 Å². The molecule has 9 heteroatoms. The molecule has 1 saturated carbocycles. The fraction of sp³-hybridized carbons (Fsp3) is 0.650. The van der Waals surface area contributed by atoms with Crippen LogP contribution >= 0.6 is 0 Å². The first-order chi connectivity index (χ1) is 13.7. The molecule has 0 aliphatic heterocycles. The fourth-order valence-electron chi connectivity index (χ4n) is 1.78. The van der Waals surface area contributed by atoms with E-state index in [4.69, 9.17) is 9.47 Å². The summed E-state index contributed by atoms with van der Waals surface area (Å²) in [5.74, 6) is -1.62. The molecule has 0 heterocycles. The Kier molecular flexibility index (Phi) is 17.9. The van der Waals surface area contributed by atoms with E-state index >= 15 is 0 Å². The third-order valence-electron chi connectivity index (χ3n) is 3.04. The van der Waals surface area contributed by atoms with Crippen molar-refractivity contribution in [2.24, 2.45) is 11.8 Å². The maximum absolute atomic E-state index is 11.1. The highest BCUT2D eigenvalue weighted by molar-refractivity contribution is 7.98. The van der Waals surface area contributed by atoms with Gasteiger partial charge in [-0.25, -0.2) is 4.79 Å². The fourth-order valence-corrected chi connectivity index (χ4v) is 2.24. The third-order valence-corrected chi connectivity index (χ3v) is 3.70. The molecule has 8 nitrogen and oxygen atoms in total. The van der Waals surface area contributed by atoms with E-state index in [1.54, 1.807) is 33.1 Å². The molecule has 0 radical (unpaired) electrons. The molecule has 0 spiro atoms. The molecule has 168 valence electrons. The van der Waals surface area contributed by atoms with Gasteiger partial charge in [0.2, 0.25) is 0 Å². The minimum Gasteiger partial charge on any atom is -0.611 e. The quantitative estimate of drug-likeness (QED) is 0.177. The predicted molar refractivity (Wildman–Crippen MR) is 111 cm³/mol. The van der Waals surface area contributed by atoms with Gasteiger partial charge in [-0.2, -0.15) is 0 Å². The molecule has 1 aliphatic carbocycles. The molecule has 1 fully saturated rings. The van der Waals surface area contributed by atoms with E-state index in [2.05, 4.69) is 16.1 Å². The zero-order chi connectivity index (χ0) is 22.8. The van der Waals surface area contributed by atoms with Crippen LogP contribution in [-0.2, 0) is 44.2 Å². The molecule has 0 N–H and O–H groups in total. The van der Waals surface area contributed by atoms with Crippen LogP contribution in [0.1, 0.15) is 34.1 Å². The lowest BCUT2D eigenvalue weighted by molar-refractivity contribution is -0.356. The van der Waals surface area contributed by atoms with Gasteiger partial charge in [0.15, 0.2) is 0 Å². The number of ether oxygens (including phenoxy) is 4. The number of esters is 3. The van der Waals surface area contributed by atoms with Crippen molar-refractivity contribution in [2.45, 2.75) is 34.1 Å². The maximum atomic E-state index is 11.1. The molecular weight excluding hydrogens is 400 g/mol. The lowest BCUT2D eigenvalue weighted by Crippen LogP contribution is -2.13. The van der Waals surface area contributed by atoms with Crippen LogP contribution in [0.25, 0.3) is 0 Å². The molecule has 0 aromatic heterocycles. The summed E-state index contributed by atoms with van der Waals surface area (Å²) >= 11 is 0. The van der Waals surface area contributed by atoms with E-state index in [1.165, 1.54) is 0 Å². The van der Waals surface area contributed by atoms with Gasteiger partial charge >= 0.3 is 17.9 Å². The molecular formula is C20H34O8S. The minimum atomic E-state index is -0.359. The summed E-state index contributed by atoms with van der Waals surface area (Å²) < 4.78 is 18.7. The first-order valence-electron chi connectivity index (χ1n) is 9.38. The van der Waals surface area contributed by atoms with Crippen molar-refractivity contribution in [3.63, 3.8) is 0 Å². The lowest BCUT2D eigenvalue weighted by atomic mass is 10.3. The first kappa shape index (κ1) is 29.0. The molecule has 0 aromatic carbocycles. The molecule has 0 aromatic rings. The van der Waals surface area contributed by atoms with Crippen molar-refractivity contribution in [1.29, 1.82) is 0 Å². The smallest absolute Gasteiger partial charge is 0.330 e. The first-order valence-corrected chi connectivity index (χ1v) is 11.5. The molecule has 1 aliphatic rings. The van der Waals surface area contributed by atoms with E-state index < -0.39 is 0 Å². The summed E-state index contributed by atoms with van der Waals surface area (Å²) in [6.45, 7) is 11.9. The molecule has 29 heavy (non-hydrogen) atoms. The summed E-state index contributed by atoms with van der Waals surface area (Å²) in [7, 11) is 0.0533. The van der Waals surface area contributed by atoms with Gasteiger partial charge in [-0.1, -0.05) is 13.5 Å². The Hall–Kier alpha value is -2.16. The van der Waals surface area contributed by atoms with E-state index in [0.29, 0.717) is 32.8 Å². The third kappa shape index (κ3) is 16.5. The normalized spacial score (nSPS) is 16.9. The average molecular weight is 435 g/mol. The molecule has 0 bridgehead atoms. The van der Waals surface area contributed by atoms with Gasteiger partial charge in [0.05, 0.1) is 31.7 Å². The molecule has 2 unspecified atom stereocenters. The van der Waals surface area contributed by atoms with Crippen molar-refractivity contribution in [3.05, 3.63) is 24.0 Å². The number of rotatable bonds is 9. The van der Waals surface area contributed by atoms with Crippen LogP contribution in [0.15, 0.2) is 24.0 Å². The van der Waals surface area contributed by atoms with E-state index in [9.17, 15) is 19.5 Å². The van der Waals surface area contributed by atoms with E-state index in [0.717, 1.165) is 6.08 Å². The van der Waals surface area contributed by atoms with Crippen molar-refractivity contribution < 1.29 is 38.4 Å². The Bertz CT molecular complexity index is 509. The van der Waals surface area contributed by atoms with Crippen molar-refractivity contribution in [1.82, 2.24) is 0 Å². The topological polar surface area (TPSA) is 111 Å². The second-order valence-corrected chi connectivity index (χ2v) is 7.65. The molecule has 0 amide bonds. The summed E-state index contributed by atoms with van der Waals surface area (Å²) in [5, 5.41) is 12.2. The monoisotopic (exact) mass is 434 g/mol. The standard InChI is InChI=1S/C9H14O4.C6H12O2S.C5H8O2/c1-3-12-8(10)6-5-7(6)9(11)13-4-2;1-4-8-6(7)5-9(2)3;1-3-5(6)7-4-2/h6-7H,3-5H2,1-2H3;5H,4H2,1-3H3;3H,1,4H2,2H3. The average Bonchev–Trinajstić information content (AvgIpc) is 3.44. The Morgan fingerprint density at radius 3 is 1.59 bits per heavy atom. The van der Waals surface area contributed by atoms with Gasteiger partial charge in [-0.3, -0.25) is 9.59 Å². The van der Waals surface area contributed by atoms with Crippen LogP contribution in [0.4, 0.5) is 0 Å². The lowest BCUT2D eigenvalue weighted by Gasteiger charge is -2.09. The van der Waals surface area contributed by atoms with Crippen molar-refractivity contribution in [2.75, 3.05) is 38.9 Å². The van der Waals surface area contributed by atoms with Gasteiger partial charge in [-0.15, -0.1) is 0 Å². The van der Waals surface area contributed by atoms with Gasteiger partial charge in [0.25, 0.3) is 0 Å². The van der Waals surface area contributed by atoms with Crippen LogP contribution in [0.5, 0.6) is 0 Å². The van der Waals surface area contributed by atoms with Crippen molar-refractivity contribution in [3.8, 4) is 0 Å². The summed E-state index contributed by atoms with van der Waals surface area (Å²) in [4.78, 5) is 32.3. The Labute approximate surface area is 176 Å². The van der Waals surface area contributed by atoms with E-state index in [1.807, 2.05) is 12.5 Å². The predicted octanol–water partition coefficient (Wildman–Crippen LogP) is 1.54. The number of hydrogen-bond acceptors (Lipinski definition) is 8. The molecule has 1 rings (SSSR count). The van der Waals surface area contributed by atoms with Gasteiger partial charge < -0.3 is 24.1 Å². The second kappa shape index (κ2) is 17.9. The van der Waals surface area contributed by atoms with Crippen LogP contribution in [0, 0.1) is 11.8 Å². The van der Waals surface area contributed by atoms with Crippen LogP contribution in [-0.4, -0.2) is 56.8 Å². The number of hydrogen-bond donors (Lipinski definition) is 0. The number of carbonyl (C=O) groups is 3. The van der Waals surface area contributed by atoms with Crippen LogP contribution < -0.4 is 5.11 Å². The zero-order valence-corrected chi connectivity index (χ0v) is 19.0. The van der Waals surface area contributed by atoms with Gasteiger partial charge in [-0.05, 0) is 33.8 Å². The van der Waals surface area contributed by atoms with Crippen molar-refractivity contribution >= 4 is 28.8 Å². The van der Waals surface area contributed by atoms with Gasteiger partial charge in [0.1, 0.15) is 23.9 Å². The highest BCUT2D eigenvalue weighted by atomic mass is 32.2. The Morgan fingerprint density at radius 2 is 1.31 bits per heavy atom. The summed E-state index contributed by atoms with van der Waals surface area (Å²) in [5.41, 5.74) is 0.